The number of hydrogen-bond donors (Lipinski definition) is 12. The molecule has 0 aliphatic carbocycles. The fourth-order valence-corrected chi connectivity index (χ4v) is 13.7. The van der Waals surface area contributed by atoms with Gasteiger partial charge in [0, 0.05) is 6.42 Å². The summed E-state index contributed by atoms with van der Waals surface area (Å²) in [6.45, 7) is 1.74. The molecule has 0 radical (unpaired) electrons. The molecule has 3 fully saturated rings. The normalized spacial score (nSPS) is 26.6. The molecule has 0 saturated carbocycles. The van der Waals surface area contributed by atoms with Crippen molar-refractivity contribution in [3.8, 4) is 0 Å². The molecule has 17 unspecified atom stereocenters. The lowest BCUT2D eigenvalue weighted by Crippen LogP contribution is -2.66. The quantitative estimate of drug-likeness (QED) is 0.0199. The Kier molecular flexibility index (Phi) is 57.4. The zero-order chi connectivity index (χ0) is 73.2. The first kappa shape index (κ1) is 92.7. The van der Waals surface area contributed by atoms with Crippen molar-refractivity contribution >= 4 is 5.91 Å². The number of allylic oxidation sites excluding steroid dienone is 9. The van der Waals surface area contributed by atoms with Crippen LogP contribution in [-0.2, 0) is 33.2 Å². The zero-order valence-electron chi connectivity index (χ0n) is 63.1. The Bertz CT molecular complexity index is 2060. The highest BCUT2D eigenvalue weighted by atomic mass is 16.8. The van der Waals surface area contributed by atoms with Crippen molar-refractivity contribution in [2.24, 2.45) is 0 Å². The molecule has 590 valence electrons. The second-order valence-electron chi connectivity index (χ2n) is 29.2. The van der Waals surface area contributed by atoms with Crippen molar-refractivity contribution in [2.45, 2.75) is 426 Å². The molecule has 3 aliphatic rings. The fraction of sp³-hybridized carbons (Fsp3) is 0.866. The van der Waals surface area contributed by atoms with E-state index in [9.17, 15) is 61.0 Å². The molecule has 3 rings (SSSR count). The van der Waals surface area contributed by atoms with E-state index in [0.29, 0.717) is 12.8 Å². The minimum atomic E-state index is -1.98. The van der Waals surface area contributed by atoms with E-state index in [1.807, 2.05) is 6.08 Å². The van der Waals surface area contributed by atoms with Gasteiger partial charge in [0.15, 0.2) is 18.9 Å². The topological polar surface area (TPSA) is 307 Å². The van der Waals surface area contributed by atoms with Crippen LogP contribution in [0.1, 0.15) is 322 Å². The third kappa shape index (κ3) is 42.6. The van der Waals surface area contributed by atoms with E-state index in [1.54, 1.807) is 6.08 Å². The number of rotatable bonds is 65. The van der Waals surface area contributed by atoms with E-state index < -0.39 is 124 Å². The molecule has 19 nitrogen and oxygen atoms in total. The smallest absolute Gasteiger partial charge is 0.220 e. The molecule has 17 atom stereocenters. The summed E-state index contributed by atoms with van der Waals surface area (Å²) in [4.78, 5) is 13.5. The monoisotopic (exact) mass is 1440 g/mol. The van der Waals surface area contributed by atoms with E-state index in [0.717, 1.165) is 51.4 Å². The second-order valence-corrected chi connectivity index (χ2v) is 29.2. The van der Waals surface area contributed by atoms with Crippen molar-refractivity contribution in [3.63, 3.8) is 0 Å². The van der Waals surface area contributed by atoms with Gasteiger partial charge >= 0.3 is 0 Å². The average Bonchev–Trinajstić information content (AvgIpc) is 0.782. The van der Waals surface area contributed by atoms with Gasteiger partial charge in [0.1, 0.15) is 73.2 Å². The predicted molar refractivity (Wildman–Crippen MR) is 402 cm³/mol. The molecule has 3 saturated heterocycles. The van der Waals surface area contributed by atoms with Crippen LogP contribution in [0, 0.1) is 0 Å². The van der Waals surface area contributed by atoms with Crippen LogP contribution >= 0.6 is 0 Å². The molecule has 3 aliphatic heterocycles. The highest BCUT2D eigenvalue weighted by Crippen LogP contribution is 2.33. The van der Waals surface area contributed by atoms with Crippen molar-refractivity contribution in [1.29, 1.82) is 0 Å². The van der Waals surface area contributed by atoms with Gasteiger partial charge in [0.2, 0.25) is 5.91 Å². The number of hydrogen-bond acceptors (Lipinski definition) is 18. The van der Waals surface area contributed by atoms with E-state index in [1.165, 1.54) is 238 Å². The Hall–Kier alpha value is -2.51. The summed E-state index contributed by atoms with van der Waals surface area (Å²) in [5, 5.41) is 121. The lowest BCUT2D eigenvalue weighted by atomic mass is 9.96. The maximum atomic E-state index is 13.5. The van der Waals surface area contributed by atoms with Crippen LogP contribution in [0.2, 0.25) is 0 Å². The van der Waals surface area contributed by atoms with Gasteiger partial charge in [-0.1, -0.05) is 306 Å². The highest BCUT2D eigenvalue weighted by Gasteiger charge is 2.54. The number of carbonyl (C=O) groups excluding carboxylic acids is 1. The summed E-state index contributed by atoms with van der Waals surface area (Å²) >= 11 is 0. The number of aliphatic hydroxyl groups excluding tert-OH is 11. The van der Waals surface area contributed by atoms with Gasteiger partial charge < -0.3 is 89.9 Å². The summed E-state index contributed by atoms with van der Waals surface area (Å²) in [6, 6.07) is -0.992. The van der Waals surface area contributed by atoms with E-state index in [-0.39, 0.29) is 18.9 Å². The average molecular weight is 1440 g/mol. The van der Waals surface area contributed by atoms with Crippen LogP contribution in [0.25, 0.3) is 0 Å². The van der Waals surface area contributed by atoms with E-state index in [4.69, 9.17) is 28.4 Å². The summed E-state index contributed by atoms with van der Waals surface area (Å²) in [5.41, 5.74) is 0. The molecule has 0 aromatic rings. The minimum absolute atomic E-state index is 0.237. The Morgan fingerprint density at radius 3 is 1.06 bits per heavy atom. The van der Waals surface area contributed by atoms with Crippen LogP contribution in [0.3, 0.4) is 0 Å². The molecule has 0 bridgehead atoms. The molecule has 3 heterocycles. The van der Waals surface area contributed by atoms with Crippen LogP contribution < -0.4 is 5.32 Å². The van der Waals surface area contributed by atoms with Crippen molar-refractivity contribution < 1.29 is 89.4 Å². The third-order valence-corrected chi connectivity index (χ3v) is 20.3. The second kappa shape index (κ2) is 62.5. The number of ether oxygens (including phenoxy) is 6. The number of carbonyl (C=O) groups is 1. The van der Waals surface area contributed by atoms with Crippen molar-refractivity contribution in [2.75, 3.05) is 26.4 Å². The standard InChI is InChI=1S/C82H149NO18/c1-3-5-7-9-11-13-15-17-19-21-23-25-26-27-28-29-30-31-32-33-34-35-36-37-38-40-42-44-46-48-50-52-54-56-58-60-70(88)83-65(66(87)59-57-55-53-51-49-47-45-43-41-39-24-22-20-18-16-14-12-10-8-6-4-2)64-96-80-76(94)73(91)78(68(62-85)98-80)101-82-77(95)74(92)79(69(63-86)99-82)100-81-75(93)72(90)71(89)67(61-84)97-81/h15,17,21,23,26-27,49,51,57,59,65-69,71-82,84-87,89-95H,3-14,16,18-20,22,24-25,28-48,50,52-56,58,60-64H2,1-2H3,(H,83,88)/b17-15-,23-21-,27-26-,51-49+,59-57+. The number of aliphatic hydroxyl groups is 11. The van der Waals surface area contributed by atoms with Crippen LogP contribution in [0.5, 0.6) is 0 Å². The maximum absolute atomic E-state index is 13.5. The number of unbranched alkanes of at least 4 members (excludes halogenated alkanes) is 41. The van der Waals surface area contributed by atoms with Crippen molar-refractivity contribution in [3.05, 3.63) is 60.8 Å². The van der Waals surface area contributed by atoms with Crippen LogP contribution in [0.15, 0.2) is 60.8 Å². The van der Waals surface area contributed by atoms with Gasteiger partial charge in [-0.2, -0.15) is 0 Å². The molecule has 0 spiro atoms. The maximum Gasteiger partial charge on any atom is 0.220 e. The van der Waals surface area contributed by atoms with Gasteiger partial charge in [0.05, 0.1) is 38.6 Å². The van der Waals surface area contributed by atoms with Crippen LogP contribution in [-0.4, -0.2) is 193 Å². The molecule has 19 heteroatoms. The molecule has 12 N–H and O–H groups in total. The van der Waals surface area contributed by atoms with Crippen LogP contribution in [0.4, 0.5) is 0 Å². The fourth-order valence-electron chi connectivity index (χ4n) is 13.7. The largest absolute Gasteiger partial charge is 0.394 e. The first-order chi connectivity index (χ1) is 49.3. The molecule has 101 heavy (non-hydrogen) atoms. The summed E-state index contributed by atoms with van der Waals surface area (Å²) < 4.78 is 34.4. The van der Waals surface area contributed by atoms with Crippen molar-refractivity contribution in [1.82, 2.24) is 5.32 Å². The summed E-state index contributed by atoms with van der Waals surface area (Å²) in [5.74, 6) is -0.281. The Balaban J connectivity index is 1.35. The molecule has 0 aromatic heterocycles. The SMILES string of the molecule is CCCCCCC/C=C\C/C=C\C/C=C\CCCCCCCCCCCCCCCCCCCCCCC(=O)NC(COC1OC(CO)C(OC2OC(CO)C(OC3OC(CO)C(O)C(O)C3O)C(O)C2O)C(O)C1O)C(O)/C=C/CC/C=C/CCCCCCCCCCCCCCCCC. The minimum Gasteiger partial charge on any atom is -0.394 e. The Morgan fingerprint density at radius 1 is 0.356 bits per heavy atom. The molecule has 1 amide bonds. The van der Waals surface area contributed by atoms with Gasteiger partial charge in [-0.25, -0.2) is 0 Å². The number of amides is 1. The summed E-state index contributed by atoms with van der Waals surface area (Å²) in [6.07, 6.45) is 53.6. The van der Waals surface area contributed by atoms with E-state index in [2.05, 4.69) is 67.8 Å². The zero-order valence-corrected chi connectivity index (χ0v) is 63.1. The van der Waals surface area contributed by atoms with E-state index >= 15 is 0 Å². The Morgan fingerprint density at radius 2 is 0.663 bits per heavy atom. The van der Waals surface area contributed by atoms with Gasteiger partial charge in [0.25, 0.3) is 0 Å². The lowest BCUT2D eigenvalue weighted by Gasteiger charge is -2.48. The van der Waals surface area contributed by atoms with Gasteiger partial charge in [-0.05, 0) is 70.6 Å². The van der Waals surface area contributed by atoms with Gasteiger partial charge in [-0.15, -0.1) is 0 Å². The third-order valence-electron chi connectivity index (χ3n) is 20.3. The predicted octanol–water partition coefficient (Wildman–Crippen LogP) is 13.8. The molecular weight excluding hydrogens is 1290 g/mol. The summed E-state index contributed by atoms with van der Waals surface area (Å²) in [7, 11) is 0. The molecular formula is C82H149NO18. The Labute approximate surface area is 611 Å². The number of nitrogens with one attached hydrogen (secondary N) is 1. The highest BCUT2D eigenvalue weighted by molar-refractivity contribution is 5.76. The first-order valence-electron chi connectivity index (χ1n) is 41.0. The van der Waals surface area contributed by atoms with Gasteiger partial charge in [-0.3, -0.25) is 4.79 Å². The lowest BCUT2D eigenvalue weighted by molar-refractivity contribution is -0.379. The molecule has 0 aromatic carbocycles. The first-order valence-corrected chi connectivity index (χ1v) is 41.0.